The zero-order chi connectivity index (χ0) is 21.2. The summed E-state index contributed by atoms with van der Waals surface area (Å²) < 4.78 is 15.2. The third kappa shape index (κ3) is 3.25. The van der Waals surface area contributed by atoms with Gasteiger partial charge in [0, 0.05) is 25.3 Å². The number of hydrogen-bond acceptors (Lipinski definition) is 5. The van der Waals surface area contributed by atoms with Crippen LogP contribution in [0.1, 0.15) is 72.6 Å². The molecule has 0 saturated heterocycles. The van der Waals surface area contributed by atoms with Crippen LogP contribution in [0.3, 0.4) is 0 Å². The van der Waals surface area contributed by atoms with Crippen molar-refractivity contribution in [2.75, 3.05) is 6.54 Å². The molecule has 29 heavy (non-hydrogen) atoms. The van der Waals surface area contributed by atoms with Crippen LogP contribution in [-0.2, 0) is 9.63 Å². The number of nitrogens with two attached hydrogens (primary N) is 1. The van der Waals surface area contributed by atoms with Crippen LogP contribution in [0, 0.1) is 34.5 Å². The highest BCUT2D eigenvalue weighted by Gasteiger charge is 2.63. The number of aliphatic hydroxyl groups is 1. The Morgan fingerprint density at radius 3 is 2.59 bits per heavy atom. The van der Waals surface area contributed by atoms with Gasteiger partial charge in [-0.25, -0.2) is 4.39 Å². The van der Waals surface area contributed by atoms with E-state index in [1.165, 1.54) is 0 Å². The van der Waals surface area contributed by atoms with Crippen LogP contribution in [-0.4, -0.2) is 41.0 Å². The van der Waals surface area contributed by atoms with E-state index in [0.717, 1.165) is 25.7 Å². The number of hydrogen-bond donors (Lipinski definition) is 2. The van der Waals surface area contributed by atoms with Crippen LogP contribution in [0.4, 0.5) is 4.39 Å². The molecular weight excluding hydrogens is 371 g/mol. The molecule has 4 fully saturated rings. The molecule has 4 aliphatic rings. The van der Waals surface area contributed by atoms with Crippen molar-refractivity contribution in [1.82, 2.24) is 0 Å². The first-order valence-electron chi connectivity index (χ1n) is 11.3. The molecule has 4 rings (SSSR count). The molecule has 0 aromatic carbocycles. The fourth-order valence-corrected chi connectivity index (χ4v) is 7.16. The summed E-state index contributed by atoms with van der Waals surface area (Å²) in [4.78, 5) is 18.8. The third-order valence-electron chi connectivity index (χ3n) is 9.15. The van der Waals surface area contributed by atoms with E-state index >= 15 is 4.39 Å². The summed E-state index contributed by atoms with van der Waals surface area (Å²) in [6, 6.07) is 0. The molecule has 4 saturated carbocycles. The highest BCUT2D eigenvalue weighted by Crippen LogP contribution is 2.65. The summed E-state index contributed by atoms with van der Waals surface area (Å²) in [5.41, 5.74) is 4.98. The Bertz CT molecular complexity index is 710. The van der Waals surface area contributed by atoms with Gasteiger partial charge in [0.15, 0.2) is 0 Å². The van der Waals surface area contributed by atoms with E-state index in [1.54, 1.807) is 0 Å². The lowest BCUT2D eigenvalue weighted by Crippen LogP contribution is -2.58. The topological polar surface area (TPSA) is 84.9 Å². The maximum absolute atomic E-state index is 15.2. The number of ketones is 1. The number of Topliss-reactive ketones (excluding diaryl/α,β-unsaturated/α-hetero) is 1. The Morgan fingerprint density at radius 2 is 1.90 bits per heavy atom. The molecule has 3 N–H and O–H groups in total. The second-order valence-corrected chi connectivity index (χ2v) is 11.3. The van der Waals surface area contributed by atoms with Gasteiger partial charge in [-0.2, -0.15) is 0 Å². The minimum Gasteiger partial charge on any atom is -0.393 e. The maximum Gasteiger partial charge on any atom is 0.144 e. The molecule has 1 unspecified atom stereocenters. The van der Waals surface area contributed by atoms with E-state index in [-0.39, 0.29) is 41.1 Å². The Kier molecular flexibility index (Phi) is 5.13. The van der Waals surface area contributed by atoms with Gasteiger partial charge in [-0.05, 0) is 74.5 Å². The van der Waals surface area contributed by atoms with Crippen LogP contribution in [0.25, 0.3) is 0 Å². The number of halogens is 1. The van der Waals surface area contributed by atoms with Crippen molar-refractivity contribution in [2.24, 2.45) is 45.4 Å². The van der Waals surface area contributed by atoms with E-state index in [4.69, 9.17) is 10.6 Å². The lowest BCUT2D eigenvalue weighted by molar-refractivity contribution is -0.154. The molecule has 0 aromatic heterocycles. The molecule has 0 amide bonds. The van der Waals surface area contributed by atoms with Gasteiger partial charge < -0.3 is 15.7 Å². The van der Waals surface area contributed by atoms with Gasteiger partial charge in [0.1, 0.15) is 17.6 Å². The lowest BCUT2D eigenvalue weighted by Gasteiger charge is -2.59. The normalized spacial score (nSPS) is 48.8. The Balaban J connectivity index is 1.59. The van der Waals surface area contributed by atoms with Gasteiger partial charge in [-0.3, -0.25) is 4.79 Å². The summed E-state index contributed by atoms with van der Waals surface area (Å²) in [5.74, 6) is 1.05. The summed E-state index contributed by atoms with van der Waals surface area (Å²) in [6.07, 6.45) is 3.57. The van der Waals surface area contributed by atoms with Gasteiger partial charge in [-0.15, -0.1) is 0 Å². The largest absolute Gasteiger partial charge is 0.393 e. The van der Waals surface area contributed by atoms with Crippen molar-refractivity contribution < 1.29 is 19.1 Å². The SMILES string of the molecule is CC(C)(CN)O/N=C1\CC2C(=O)C[C@H]3[C@@H]4CC[C@H](O)[C@@]4(C)CC[C@@H]3[C@@]2(C)C[C@H]1F. The molecule has 6 heteroatoms. The zero-order valence-corrected chi connectivity index (χ0v) is 18.3. The van der Waals surface area contributed by atoms with Gasteiger partial charge in [-0.1, -0.05) is 19.0 Å². The van der Waals surface area contributed by atoms with Crippen molar-refractivity contribution in [2.45, 2.75) is 90.5 Å². The Morgan fingerprint density at radius 1 is 1.21 bits per heavy atom. The number of oxime groups is 1. The van der Waals surface area contributed by atoms with Gasteiger partial charge >= 0.3 is 0 Å². The molecule has 0 aliphatic heterocycles. The molecule has 0 spiro atoms. The maximum atomic E-state index is 15.2. The fourth-order valence-electron chi connectivity index (χ4n) is 7.16. The molecule has 8 atom stereocenters. The molecule has 0 heterocycles. The smallest absolute Gasteiger partial charge is 0.144 e. The second-order valence-electron chi connectivity index (χ2n) is 11.3. The van der Waals surface area contributed by atoms with Crippen molar-refractivity contribution in [3.05, 3.63) is 0 Å². The molecule has 5 nitrogen and oxygen atoms in total. The predicted molar refractivity (Wildman–Crippen MR) is 110 cm³/mol. The van der Waals surface area contributed by atoms with Crippen molar-refractivity contribution in [3.8, 4) is 0 Å². The fraction of sp³-hybridized carbons (Fsp3) is 0.913. The van der Waals surface area contributed by atoms with Gasteiger partial charge in [0.05, 0.1) is 11.8 Å². The van der Waals surface area contributed by atoms with E-state index in [0.29, 0.717) is 36.8 Å². The van der Waals surface area contributed by atoms with Crippen LogP contribution >= 0.6 is 0 Å². The first-order valence-corrected chi connectivity index (χ1v) is 11.3. The molecular formula is C23H37FN2O3. The van der Waals surface area contributed by atoms with Crippen LogP contribution < -0.4 is 5.73 Å². The highest BCUT2D eigenvalue weighted by molar-refractivity contribution is 5.95. The number of fused-ring (bicyclic) bond motifs is 5. The van der Waals surface area contributed by atoms with Crippen molar-refractivity contribution in [3.63, 3.8) is 0 Å². The Labute approximate surface area is 173 Å². The minimum atomic E-state index is -1.18. The van der Waals surface area contributed by atoms with Crippen molar-refractivity contribution in [1.29, 1.82) is 0 Å². The number of aliphatic hydroxyl groups excluding tert-OH is 1. The number of carbonyl (C=O) groups is 1. The Hall–Kier alpha value is -1.01. The zero-order valence-electron chi connectivity index (χ0n) is 18.3. The van der Waals surface area contributed by atoms with Crippen LogP contribution in [0.15, 0.2) is 5.16 Å². The molecule has 4 aliphatic carbocycles. The second kappa shape index (κ2) is 7.01. The molecule has 0 bridgehead atoms. The molecule has 0 aromatic rings. The number of carbonyl (C=O) groups excluding carboxylic acids is 1. The van der Waals surface area contributed by atoms with Crippen molar-refractivity contribution >= 4 is 11.5 Å². The first-order chi connectivity index (χ1) is 13.5. The summed E-state index contributed by atoms with van der Waals surface area (Å²) in [5, 5.41) is 14.7. The lowest BCUT2D eigenvalue weighted by atomic mass is 9.44. The number of rotatable bonds is 3. The highest BCUT2D eigenvalue weighted by atomic mass is 19.1. The average molecular weight is 409 g/mol. The third-order valence-corrected chi connectivity index (χ3v) is 9.15. The first kappa shape index (κ1) is 21.2. The average Bonchev–Trinajstić information content (AvgIpc) is 2.96. The predicted octanol–water partition coefficient (Wildman–Crippen LogP) is 3.63. The van der Waals surface area contributed by atoms with E-state index in [2.05, 4.69) is 19.0 Å². The van der Waals surface area contributed by atoms with Gasteiger partial charge in [0.25, 0.3) is 0 Å². The van der Waals surface area contributed by atoms with E-state index < -0.39 is 11.8 Å². The monoisotopic (exact) mass is 408 g/mol. The quantitative estimate of drug-likeness (QED) is 0.699. The van der Waals surface area contributed by atoms with E-state index in [1.807, 2.05) is 13.8 Å². The van der Waals surface area contributed by atoms with Gasteiger partial charge in [0.2, 0.25) is 0 Å². The summed E-state index contributed by atoms with van der Waals surface area (Å²) in [7, 11) is 0. The number of alkyl halides is 1. The molecule has 0 radical (unpaired) electrons. The summed E-state index contributed by atoms with van der Waals surface area (Å²) >= 11 is 0. The van der Waals surface area contributed by atoms with Crippen LogP contribution in [0.5, 0.6) is 0 Å². The number of nitrogens with zero attached hydrogens (tertiary/aromatic N) is 1. The minimum absolute atomic E-state index is 0.0807. The van der Waals surface area contributed by atoms with E-state index in [9.17, 15) is 9.90 Å². The summed E-state index contributed by atoms with van der Waals surface area (Å²) in [6.45, 7) is 8.26. The van der Waals surface area contributed by atoms with Crippen LogP contribution in [0.2, 0.25) is 0 Å². The standard InChI is InChI=1S/C23H37FN2O3/c1-21(2,12-25)29-26-18-10-16-19(27)9-13-14-5-6-20(28)22(14,3)8-7-15(13)23(16,4)11-17(18)24/h13-17,20,28H,5-12,25H2,1-4H3/b26-18+/t13-,14-,15-,16?,17+,20-,22-,23+/m0/s1. The molecule has 164 valence electrons.